The maximum atomic E-state index is 9.93. The molecule has 0 aliphatic carbocycles. The van der Waals surface area contributed by atoms with E-state index in [9.17, 15) is 6.85 Å². The van der Waals surface area contributed by atoms with E-state index in [1.807, 2.05) is 143 Å². The molecule has 0 N–H and O–H groups in total. The average molecular weight is 995 g/mol. The van der Waals surface area contributed by atoms with Crippen molar-refractivity contribution < 1.29 is 11.0 Å². The summed E-state index contributed by atoms with van der Waals surface area (Å²) in [6.07, 6.45) is 0. The molecule has 0 fully saturated rings. The third-order valence-electron chi connectivity index (χ3n) is 11.7. The summed E-state index contributed by atoms with van der Waals surface area (Å²) in [7, 11) is 0. The summed E-state index contributed by atoms with van der Waals surface area (Å²) in [5.41, 5.74) is 10.4. The second-order valence-electron chi connectivity index (χ2n) is 18.3. The van der Waals surface area contributed by atoms with Crippen LogP contribution in [-0.4, -0.2) is 0 Å². The van der Waals surface area contributed by atoms with Crippen molar-refractivity contribution in [3.63, 3.8) is 0 Å². The van der Waals surface area contributed by atoms with Gasteiger partial charge in [0, 0.05) is 48.4 Å². The van der Waals surface area contributed by atoms with Gasteiger partial charge in [0.1, 0.15) is 0 Å². The average Bonchev–Trinajstić information content (AvgIpc) is 3.42. The quantitative estimate of drug-likeness (QED) is 0.135. The minimum atomic E-state index is -0.365. The molecular formula is C62H54Br2N2. The number of rotatable bonds is 10. The smallest absolute Gasteiger partial charge is 0.0657 e. The van der Waals surface area contributed by atoms with Gasteiger partial charge in [-0.1, -0.05) is 219 Å². The SMILES string of the molecule is [2H]c1c([2H])c(Br)c([2H])c(N(c2cc(-c3ccc(C(C)(C)C)cc3)cc(N(c3c(-c4ccccc4)cc(C(C)(C)C)cc3-c3ccccc3)c3c([2H])c([2H])c([2H])c(Br)c3[2H])c2)c2ccccc2-c2ccccc2)c1[2H]. The number of hydrogen-bond donors (Lipinski definition) is 0. The highest BCUT2D eigenvalue weighted by Gasteiger charge is 2.28. The standard InChI is InChI=1S/C62H54Br2N2/c1-61(2,3)48-34-32-43(33-35-48)47-36-54(65(52-28-18-26-50(63)40-52)59-31-17-16-30-56(59)44-20-10-7-11-21-44)42-55(37-47)66(53-29-19-27-51(64)41-53)60-57(45-22-12-8-13-23-45)38-49(62(4,5)6)39-58(60)46-24-14-9-15-25-46/h7-42H,1-6H3/i18D,19D,26D,27D,28D,29D,40D,41D. The third kappa shape index (κ3) is 9.58. The second kappa shape index (κ2) is 18.8. The van der Waals surface area contributed by atoms with Gasteiger partial charge in [-0.15, -0.1) is 0 Å². The molecule has 2 nitrogen and oxygen atoms in total. The van der Waals surface area contributed by atoms with E-state index in [0.717, 1.165) is 50.1 Å². The van der Waals surface area contributed by atoms with E-state index in [4.69, 9.17) is 4.11 Å². The summed E-state index contributed by atoms with van der Waals surface area (Å²) in [5, 5.41) is 0. The molecule has 9 aromatic rings. The van der Waals surface area contributed by atoms with Crippen molar-refractivity contribution in [2.24, 2.45) is 0 Å². The van der Waals surface area contributed by atoms with E-state index in [0.29, 0.717) is 28.3 Å². The first kappa shape index (κ1) is 35.8. The van der Waals surface area contributed by atoms with Gasteiger partial charge < -0.3 is 9.80 Å². The summed E-state index contributed by atoms with van der Waals surface area (Å²) in [6, 6.07) is 53.9. The van der Waals surface area contributed by atoms with Crippen molar-refractivity contribution in [3.05, 3.63) is 238 Å². The van der Waals surface area contributed by atoms with Crippen LogP contribution in [0.25, 0.3) is 44.5 Å². The summed E-state index contributed by atoms with van der Waals surface area (Å²) in [4.78, 5) is 3.69. The first-order valence-electron chi connectivity index (χ1n) is 26.0. The van der Waals surface area contributed by atoms with Crippen molar-refractivity contribution in [2.45, 2.75) is 52.4 Å². The van der Waals surface area contributed by atoms with Gasteiger partial charge in [0.25, 0.3) is 0 Å². The fraction of sp³-hybridized carbons (Fsp3) is 0.129. The molecule has 9 rings (SSSR count). The van der Waals surface area contributed by atoms with Crippen molar-refractivity contribution in [2.75, 3.05) is 9.80 Å². The van der Waals surface area contributed by atoms with Crippen LogP contribution in [-0.2, 0) is 10.8 Å². The maximum Gasteiger partial charge on any atom is 0.0657 e. The van der Waals surface area contributed by atoms with E-state index in [1.165, 1.54) is 0 Å². The molecule has 326 valence electrons. The van der Waals surface area contributed by atoms with E-state index in [-0.39, 0.29) is 79.5 Å². The summed E-state index contributed by atoms with van der Waals surface area (Å²) in [5.74, 6) is 0. The van der Waals surface area contributed by atoms with Gasteiger partial charge in [0.2, 0.25) is 0 Å². The van der Waals surface area contributed by atoms with Crippen molar-refractivity contribution in [1.82, 2.24) is 0 Å². The Labute approximate surface area is 419 Å². The zero-order valence-electron chi connectivity index (χ0n) is 45.8. The molecule has 0 aliphatic rings. The Hall–Kier alpha value is -6.46. The molecule has 0 atom stereocenters. The zero-order valence-corrected chi connectivity index (χ0v) is 41.0. The van der Waals surface area contributed by atoms with Crippen LogP contribution in [0.3, 0.4) is 0 Å². The molecule has 4 heteroatoms. The number of para-hydroxylation sites is 1. The molecule has 66 heavy (non-hydrogen) atoms. The topological polar surface area (TPSA) is 6.48 Å². The lowest BCUT2D eigenvalue weighted by atomic mass is 9.82. The molecule has 0 heterocycles. The number of anilines is 6. The lowest BCUT2D eigenvalue weighted by Gasteiger charge is -2.34. The largest absolute Gasteiger partial charge is 0.310 e. The number of halogens is 2. The van der Waals surface area contributed by atoms with E-state index >= 15 is 0 Å². The first-order valence-corrected chi connectivity index (χ1v) is 23.6. The molecule has 9 aromatic carbocycles. The predicted molar refractivity (Wildman–Crippen MR) is 290 cm³/mol. The van der Waals surface area contributed by atoms with Gasteiger partial charge in [-0.05, 0) is 122 Å². The van der Waals surface area contributed by atoms with Crippen molar-refractivity contribution >= 4 is 66.0 Å². The molecule has 0 saturated carbocycles. The Morgan fingerprint density at radius 3 is 1.32 bits per heavy atom. The van der Waals surface area contributed by atoms with Crippen LogP contribution in [0.2, 0.25) is 0 Å². The number of benzene rings is 9. The van der Waals surface area contributed by atoms with Gasteiger partial charge in [-0.2, -0.15) is 0 Å². The molecule has 0 radical (unpaired) electrons. The van der Waals surface area contributed by atoms with Crippen LogP contribution < -0.4 is 9.80 Å². The van der Waals surface area contributed by atoms with Gasteiger partial charge in [-0.3, -0.25) is 0 Å². The molecule has 0 saturated heterocycles. The molecule has 0 bridgehead atoms. The van der Waals surface area contributed by atoms with Crippen molar-refractivity contribution in [1.29, 1.82) is 0 Å². The molecule has 0 aliphatic heterocycles. The first-order chi connectivity index (χ1) is 35.2. The lowest BCUT2D eigenvalue weighted by molar-refractivity contribution is 0.590. The highest BCUT2D eigenvalue weighted by atomic mass is 79.9. The Morgan fingerprint density at radius 2 is 0.818 bits per heavy atom. The summed E-state index contributed by atoms with van der Waals surface area (Å²) < 4.78 is 75.4. The lowest BCUT2D eigenvalue weighted by Crippen LogP contribution is -2.17. The Kier molecular flexibility index (Phi) is 10.2. The summed E-state index contributed by atoms with van der Waals surface area (Å²) >= 11 is 7.03. The van der Waals surface area contributed by atoms with Gasteiger partial charge >= 0.3 is 0 Å². The van der Waals surface area contributed by atoms with E-state index in [1.54, 1.807) is 0 Å². The Bertz CT molecular complexity index is 3460. The van der Waals surface area contributed by atoms with Crippen LogP contribution in [0.5, 0.6) is 0 Å². The van der Waals surface area contributed by atoms with Crippen molar-refractivity contribution in [3.8, 4) is 44.5 Å². The molecule has 0 spiro atoms. The van der Waals surface area contributed by atoms with Crippen LogP contribution in [0.4, 0.5) is 34.1 Å². The normalized spacial score (nSPS) is 13.3. The maximum absolute atomic E-state index is 9.93. The molecule has 0 aromatic heterocycles. The Balaban J connectivity index is 1.52. The minimum Gasteiger partial charge on any atom is -0.310 e. The minimum absolute atomic E-state index is 0.0512. The van der Waals surface area contributed by atoms with Crippen LogP contribution in [0.1, 0.15) is 63.6 Å². The highest BCUT2D eigenvalue weighted by molar-refractivity contribution is 9.10. The van der Waals surface area contributed by atoms with Crippen LogP contribution in [0, 0.1) is 0 Å². The van der Waals surface area contributed by atoms with E-state index in [2.05, 4.69) is 110 Å². The zero-order chi connectivity index (χ0) is 53.0. The summed E-state index contributed by atoms with van der Waals surface area (Å²) in [6.45, 7) is 13.0. The van der Waals surface area contributed by atoms with Gasteiger partial charge in [-0.25, -0.2) is 0 Å². The van der Waals surface area contributed by atoms with Crippen LogP contribution in [0.15, 0.2) is 227 Å². The van der Waals surface area contributed by atoms with Gasteiger partial charge in [0.05, 0.1) is 22.3 Å². The fourth-order valence-electron chi connectivity index (χ4n) is 8.30. The predicted octanol–water partition coefficient (Wildman–Crippen LogP) is 19.4. The number of nitrogens with zero attached hydrogens (tertiary/aromatic N) is 2. The third-order valence-corrected chi connectivity index (χ3v) is 12.5. The fourth-order valence-corrected chi connectivity index (χ4v) is 8.88. The monoisotopic (exact) mass is 992 g/mol. The Morgan fingerprint density at radius 1 is 0.379 bits per heavy atom. The molecule has 0 amide bonds. The van der Waals surface area contributed by atoms with Crippen LogP contribution >= 0.6 is 31.9 Å². The highest BCUT2D eigenvalue weighted by Crippen LogP contribution is 2.51. The molecule has 0 unspecified atom stereocenters. The number of hydrogen-bond acceptors (Lipinski definition) is 2. The van der Waals surface area contributed by atoms with Gasteiger partial charge in [0.15, 0.2) is 0 Å². The van der Waals surface area contributed by atoms with E-state index < -0.39 is 0 Å². The second-order valence-corrected chi connectivity index (χ2v) is 19.9. The molecular weight excluding hydrogens is 933 g/mol.